The summed E-state index contributed by atoms with van der Waals surface area (Å²) in [6, 6.07) is 13.9. The number of benzene rings is 2. The van der Waals surface area contributed by atoms with Gasteiger partial charge in [-0.05, 0) is 24.3 Å². The Bertz CT molecular complexity index is 660. The van der Waals surface area contributed by atoms with Gasteiger partial charge in [-0.25, -0.2) is 4.98 Å². The van der Waals surface area contributed by atoms with E-state index in [1.54, 1.807) is 14.2 Å². The highest BCUT2D eigenvalue weighted by Crippen LogP contribution is 2.33. The van der Waals surface area contributed by atoms with Crippen molar-refractivity contribution in [3.8, 4) is 11.5 Å². The molecule has 0 spiro atoms. The van der Waals surface area contributed by atoms with Crippen LogP contribution in [0.5, 0.6) is 11.5 Å². The zero-order chi connectivity index (χ0) is 12.5. The zero-order valence-electron chi connectivity index (χ0n) is 10.3. The van der Waals surface area contributed by atoms with Crippen molar-refractivity contribution in [1.82, 2.24) is 4.98 Å². The molecule has 0 aliphatic carbocycles. The maximum atomic E-state index is 5.38. The Morgan fingerprint density at radius 3 is 2.39 bits per heavy atom. The summed E-state index contributed by atoms with van der Waals surface area (Å²) in [5.41, 5.74) is 1.78. The third-order valence-electron chi connectivity index (χ3n) is 3.05. The van der Waals surface area contributed by atoms with E-state index in [1.165, 1.54) is 0 Å². The van der Waals surface area contributed by atoms with Gasteiger partial charge in [-0.3, -0.25) is 0 Å². The first-order valence-electron chi connectivity index (χ1n) is 5.74. The summed E-state index contributed by atoms with van der Waals surface area (Å²) in [4.78, 5) is 4.65. The third kappa shape index (κ3) is 1.56. The van der Waals surface area contributed by atoms with Crippen LogP contribution in [0.3, 0.4) is 0 Å². The molecule has 3 rings (SSSR count). The number of rotatable bonds is 2. The Morgan fingerprint density at radius 1 is 0.889 bits per heavy atom. The van der Waals surface area contributed by atoms with Gasteiger partial charge < -0.3 is 9.47 Å². The predicted octanol–water partition coefficient (Wildman–Crippen LogP) is 3.41. The third-order valence-corrected chi connectivity index (χ3v) is 3.05. The molecule has 2 aromatic carbocycles. The van der Waals surface area contributed by atoms with Gasteiger partial charge in [-0.15, -0.1) is 0 Å². The molecule has 0 radical (unpaired) electrons. The molecule has 1 heterocycles. The Hall–Kier alpha value is -2.29. The first-order chi connectivity index (χ1) is 8.83. The van der Waals surface area contributed by atoms with Gasteiger partial charge in [0, 0.05) is 10.8 Å². The fourth-order valence-electron chi connectivity index (χ4n) is 2.15. The minimum atomic E-state index is 0.761. The van der Waals surface area contributed by atoms with Gasteiger partial charge in [0.05, 0.1) is 19.7 Å². The molecule has 90 valence electrons. The first-order valence-corrected chi connectivity index (χ1v) is 5.74. The van der Waals surface area contributed by atoms with Gasteiger partial charge in [0.1, 0.15) is 17.0 Å². The molecule has 1 aromatic heterocycles. The molecular weight excluding hydrogens is 226 g/mol. The molecule has 0 N–H and O–H groups in total. The molecule has 0 bridgehead atoms. The Labute approximate surface area is 105 Å². The number of aromatic nitrogens is 1. The van der Waals surface area contributed by atoms with Gasteiger partial charge in [-0.1, -0.05) is 18.2 Å². The van der Waals surface area contributed by atoms with E-state index in [0.717, 1.165) is 33.3 Å². The summed E-state index contributed by atoms with van der Waals surface area (Å²) in [6.07, 6.45) is 0. The summed E-state index contributed by atoms with van der Waals surface area (Å²) >= 11 is 0. The molecule has 0 atom stereocenters. The molecule has 0 aliphatic rings. The van der Waals surface area contributed by atoms with E-state index in [1.807, 2.05) is 36.4 Å². The van der Waals surface area contributed by atoms with Crippen molar-refractivity contribution < 1.29 is 9.47 Å². The van der Waals surface area contributed by atoms with E-state index in [0.29, 0.717) is 0 Å². The van der Waals surface area contributed by atoms with Crippen LogP contribution in [-0.2, 0) is 0 Å². The van der Waals surface area contributed by atoms with Gasteiger partial charge in [-0.2, -0.15) is 0 Å². The monoisotopic (exact) mass is 239 g/mol. The van der Waals surface area contributed by atoms with Crippen molar-refractivity contribution in [2.75, 3.05) is 14.2 Å². The van der Waals surface area contributed by atoms with Crippen LogP contribution in [0.25, 0.3) is 21.8 Å². The zero-order valence-corrected chi connectivity index (χ0v) is 10.3. The van der Waals surface area contributed by atoms with Crippen molar-refractivity contribution in [3.05, 3.63) is 42.5 Å². The number of nitrogens with zero attached hydrogens (tertiary/aromatic N) is 1. The van der Waals surface area contributed by atoms with Crippen molar-refractivity contribution >= 4 is 21.8 Å². The minimum absolute atomic E-state index is 0.761. The summed E-state index contributed by atoms with van der Waals surface area (Å²) < 4.78 is 10.7. The van der Waals surface area contributed by atoms with Crippen LogP contribution >= 0.6 is 0 Å². The second-order valence-electron chi connectivity index (χ2n) is 4.05. The second-order valence-corrected chi connectivity index (χ2v) is 4.05. The molecule has 0 amide bonds. The van der Waals surface area contributed by atoms with Crippen LogP contribution in [0.15, 0.2) is 42.5 Å². The maximum Gasteiger partial charge on any atom is 0.145 e. The Kier molecular flexibility index (Phi) is 2.52. The molecule has 0 saturated heterocycles. The molecule has 0 saturated carbocycles. The molecule has 18 heavy (non-hydrogen) atoms. The van der Waals surface area contributed by atoms with Crippen molar-refractivity contribution in [2.45, 2.75) is 0 Å². The van der Waals surface area contributed by atoms with Crippen LogP contribution < -0.4 is 9.47 Å². The lowest BCUT2D eigenvalue weighted by Crippen LogP contribution is -1.92. The molecule has 0 aliphatic heterocycles. The van der Waals surface area contributed by atoms with Gasteiger partial charge in [0.25, 0.3) is 0 Å². The molecule has 3 nitrogen and oxygen atoms in total. The standard InChI is InChI=1S/C15H13NO2/c1-17-13-7-8-14(18-2)15-11(13)9-10-5-3-4-6-12(10)16-15/h3-9H,1-2H3. The summed E-state index contributed by atoms with van der Waals surface area (Å²) in [5, 5.41) is 2.06. The smallest absolute Gasteiger partial charge is 0.145 e. The molecule has 0 fully saturated rings. The highest BCUT2D eigenvalue weighted by Gasteiger charge is 2.09. The van der Waals surface area contributed by atoms with E-state index in [4.69, 9.17) is 9.47 Å². The van der Waals surface area contributed by atoms with Gasteiger partial charge in [0.15, 0.2) is 0 Å². The highest BCUT2D eigenvalue weighted by molar-refractivity contribution is 5.98. The average Bonchev–Trinajstić information content (AvgIpc) is 2.44. The molecular formula is C15H13NO2. The Morgan fingerprint density at radius 2 is 1.61 bits per heavy atom. The quantitative estimate of drug-likeness (QED) is 0.642. The summed E-state index contributed by atoms with van der Waals surface area (Å²) in [5.74, 6) is 1.57. The fourth-order valence-corrected chi connectivity index (χ4v) is 2.15. The van der Waals surface area contributed by atoms with Crippen LogP contribution in [-0.4, -0.2) is 19.2 Å². The van der Waals surface area contributed by atoms with E-state index < -0.39 is 0 Å². The largest absolute Gasteiger partial charge is 0.496 e. The van der Waals surface area contributed by atoms with Gasteiger partial charge >= 0.3 is 0 Å². The number of fused-ring (bicyclic) bond motifs is 2. The minimum Gasteiger partial charge on any atom is -0.496 e. The van der Waals surface area contributed by atoms with E-state index >= 15 is 0 Å². The van der Waals surface area contributed by atoms with Crippen LogP contribution in [0, 0.1) is 0 Å². The number of hydrogen-bond acceptors (Lipinski definition) is 3. The molecule has 3 heteroatoms. The van der Waals surface area contributed by atoms with Crippen molar-refractivity contribution in [3.63, 3.8) is 0 Å². The number of hydrogen-bond donors (Lipinski definition) is 0. The van der Waals surface area contributed by atoms with E-state index in [2.05, 4.69) is 11.1 Å². The Balaban J connectivity index is 2.46. The average molecular weight is 239 g/mol. The predicted molar refractivity (Wildman–Crippen MR) is 72.4 cm³/mol. The van der Waals surface area contributed by atoms with Crippen molar-refractivity contribution in [1.29, 1.82) is 0 Å². The first kappa shape index (κ1) is 10.8. The lowest BCUT2D eigenvalue weighted by molar-refractivity contribution is 0.410. The number of ether oxygens (including phenoxy) is 2. The summed E-state index contributed by atoms with van der Waals surface area (Å²) in [6.45, 7) is 0. The summed E-state index contributed by atoms with van der Waals surface area (Å²) in [7, 11) is 3.31. The highest BCUT2D eigenvalue weighted by atomic mass is 16.5. The maximum absolute atomic E-state index is 5.38. The molecule has 3 aromatic rings. The number of methoxy groups -OCH3 is 2. The lowest BCUT2D eigenvalue weighted by atomic mass is 10.1. The normalized spacial score (nSPS) is 10.8. The van der Waals surface area contributed by atoms with Crippen molar-refractivity contribution in [2.24, 2.45) is 0 Å². The van der Waals surface area contributed by atoms with Gasteiger partial charge in [0.2, 0.25) is 0 Å². The second kappa shape index (κ2) is 4.18. The number of pyridine rings is 1. The number of para-hydroxylation sites is 1. The van der Waals surface area contributed by atoms with E-state index in [9.17, 15) is 0 Å². The van der Waals surface area contributed by atoms with Crippen LogP contribution in [0.1, 0.15) is 0 Å². The fraction of sp³-hybridized carbons (Fsp3) is 0.133. The van der Waals surface area contributed by atoms with E-state index in [-0.39, 0.29) is 0 Å². The van der Waals surface area contributed by atoms with Crippen LogP contribution in [0.2, 0.25) is 0 Å². The molecule has 0 unspecified atom stereocenters. The van der Waals surface area contributed by atoms with Crippen LogP contribution in [0.4, 0.5) is 0 Å². The SMILES string of the molecule is COc1ccc(OC)c2nc3ccccc3cc12. The lowest BCUT2D eigenvalue weighted by Gasteiger charge is -2.10. The topological polar surface area (TPSA) is 31.4 Å².